The van der Waals surface area contributed by atoms with E-state index in [0.717, 1.165) is 5.56 Å². The highest BCUT2D eigenvalue weighted by molar-refractivity contribution is 7.98. The molecule has 1 rings (SSSR count). The molecule has 0 aromatic carbocycles. The van der Waals surface area contributed by atoms with Crippen molar-refractivity contribution in [1.82, 2.24) is 15.1 Å². The zero-order chi connectivity index (χ0) is 16.0. The lowest BCUT2D eigenvalue weighted by Crippen LogP contribution is -2.44. The molecule has 1 unspecified atom stereocenters. The number of carbonyl (C=O) groups is 2. The largest absolute Gasteiger partial charge is 0.480 e. The molecule has 0 saturated carbocycles. The van der Waals surface area contributed by atoms with Crippen LogP contribution in [0.25, 0.3) is 0 Å². The number of thioether (sulfide) groups is 1. The molecule has 0 saturated heterocycles. The number of aryl methyl sites for hydroxylation is 1. The number of rotatable bonds is 6. The summed E-state index contributed by atoms with van der Waals surface area (Å²) in [5.41, 5.74) is 0.347. The number of aliphatic carboxylic acids is 1. The van der Waals surface area contributed by atoms with Gasteiger partial charge in [-0.15, -0.1) is 0 Å². The standard InChI is InChI=1S/C13H21N3O4S/c1-13(2,3)20-12(19)15-10(11(17)18)8-21-7-9-5-14-16(4)6-9/h5-6,10H,7-8H2,1-4H3,(H,15,19)(H,17,18). The van der Waals surface area contributed by atoms with E-state index in [9.17, 15) is 9.59 Å². The van der Waals surface area contributed by atoms with E-state index in [2.05, 4.69) is 10.4 Å². The molecule has 118 valence electrons. The predicted molar refractivity (Wildman–Crippen MR) is 80.2 cm³/mol. The second-order valence-corrected chi connectivity index (χ2v) is 6.60. The van der Waals surface area contributed by atoms with E-state index in [0.29, 0.717) is 5.75 Å². The smallest absolute Gasteiger partial charge is 0.408 e. The van der Waals surface area contributed by atoms with Crippen molar-refractivity contribution in [1.29, 1.82) is 0 Å². The first-order valence-corrected chi connectivity index (χ1v) is 7.60. The zero-order valence-corrected chi connectivity index (χ0v) is 13.4. The molecule has 0 aliphatic heterocycles. The van der Waals surface area contributed by atoms with Crippen LogP contribution in [0.3, 0.4) is 0 Å². The third kappa shape index (κ3) is 7.03. The Morgan fingerprint density at radius 1 is 1.52 bits per heavy atom. The van der Waals surface area contributed by atoms with Crippen LogP contribution in [0, 0.1) is 0 Å². The summed E-state index contributed by atoms with van der Waals surface area (Å²) < 4.78 is 6.73. The maximum atomic E-state index is 11.6. The number of ether oxygens (including phenoxy) is 1. The van der Waals surface area contributed by atoms with Crippen LogP contribution in [-0.2, 0) is 22.3 Å². The van der Waals surface area contributed by atoms with E-state index in [-0.39, 0.29) is 5.75 Å². The molecule has 0 bridgehead atoms. The summed E-state index contributed by atoms with van der Waals surface area (Å²) in [6, 6.07) is -0.985. The van der Waals surface area contributed by atoms with E-state index in [1.165, 1.54) is 11.8 Å². The molecule has 0 spiro atoms. The van der Waals surface area contributed by atoms with Crippen LogP contribution in [0.15, 0.2) is 12.4 Å². The van der Waals surface area contributed by atoms with E-state index in [1.54, 1.807) is 31.6 Å². The number of hydrogen-bond acceptors (Lipinski definition) is 5. The van der Waals surface area contributed by atoms with Gasteiger partial charge in [-0.1, -0.05) is 0 Å². The first kappa shape index (κ1) is 17.4. The summed E-state index contributed by atoms with van der Waals surface area (Å²) in [5.74, 6) is -0.198. The number of carboxylic acids is 1. The Balaban J connectivity index is 2.43. The van der Waals surface area contributed by atoms with Gasteiger partial charge in [0.2, 0.25) is 0 Å². The van der Waals surface area contributed by atoms with Crippen LogP contribution in [0.2, 0.25) is 0 Å². The predicted octanol–water partition coefficient (Wildman–Crippen LogP) is 1.63. The molecule has 0 radical (unpaired) electrons. The lowest BCUT2D eigenvalue weighted by molar-refractivity contribution is -0.138. The van der Waals surface area contributed by atoms with E-state index < -0.39 is 23.7 Å². The van der Waals surface area contributed by atoms with Crippen molar-refractivity contribution in [3.05, 3.63) is 18.0 Å². The van der Waals surface area contributed by atoms with Crippen LogP contribution in [0.5, 0.6) is 0 Å². The Morgan fingerprint density at radius 2 is 2.19 bits per heavy atom. The average molecular weight is 315 g/mol. The number of nitrogens with one attached hydrogen (secondary N) is 1. The van der Waals surface area contributed by atoms with E-state index >= 15 is 0 Å². The Labute approximate surface area is 128 Å². The van der Waals surface area contributed by atoms with Crippen LogP contribution in [-0.4, -0.2) is 44.3 Å². The number of carboxylic acid groups (broad SMARTS) is 1. The second kappa shape index (κ2) is 7.35. The molecule has 8 heteroatoms. The van der Waals surface area contributed by atoms with Crippen molar-refractivity contribution in [2.45, 2.75) is 38.2 Å². The Morgan fingerprint density at radius 3 is 2.67 bits per heavy atom. The molecule has 0 aliphatic carbocycles. The molecule has 1 heterocycles. The quantitative estimate of drug-likeness (QED) is 0.829. The SMILES string of the molecule is Cn1cc(CSCC(NC(=O)OC(C)(C)C)C(=O)O)cn1. The lowest BCUT2D eigenvalue weighted by Gasteiger charge is -2.21. The zero-order valence-electron chi connectivity index (χ0n) is 12.6. The summed E-state index contributed by atoms with van der Waals surface area (Å²) in [4.78, 5) is 22.7. The van der Waals surface area contributed by atoms with Gasteiger partial charge in [0.15, 0.2) is 0 Å². The van der Waals surface area contributed by atoms with Crippen molar-refractivity contribution in [2.24, 2.45) is 7.05 Å². The van der Waals surface area contributed by atoms with Crippen molar-refractivity contribution in [3.63, 3.8) is 0 Å². The molecule has 1 atom stereocenters. The molecule has 0 fully saturated rings. The van der Waals surface area contributed by atoms with E-state index in [4.69, 9.17) is 9.84 Å². The van der Waals surface area contributed by atoms with Gasteiger partial charge in [-0.05, 0) is 26.3 Å². The third-order valence-electron chi connectivity index (χ3n) is 2.30. The number of carbonyl (C=O) groups excluding carboxylic acids is 1. The molecule has 1 aromatic heterocycles. The number of alkyl carbamates (subject to hydrolysis) is 1. The molecule has 0 aliphatic rings. The lowest BCUT2D eigenvalue weighted by atomic mass is 10.2. The van der Waals surface area contributed by atoms with Gasteiger partial charge in [-0.2, -0.15) is 16.9 Å². The van der Waals surface area contributed by atoms with Crippen molar-refractivity contribution in [2.75, 3.05) is 5.75 Å². The summed E-state index contributed by atoms with van der Waals surface area (Å²) in [6.45, 7) is 5.17. The number of nitrogens with zero attached hydrogens (tertiary/aromatic N) is 2. The summed E-state index contributed by atoms with van der Waals surface area (Å²) in [5, 5.41) is 15.5. The third-order valence-corrected chi connectivity index (χ3v) is 3.41. The molecular weight excluding hydrogens is 294 g/mol. The summed E-state index contributed by atoms with van der Waals surface area (Å²) in [7, 11) is 1.82. The highest BCUT2D eigenvalue weighted by atomic mass is 32.2. The van der Waals surface area contributed by atoms with Gasteiger partial charge >= 0.3 is 12.1 Å². The molecule has 2 N–H and O–H groups in total. The Kier molecular flexibility index (Phi) is 6.07. The monoisotopic (exact) mass is 315 g/mol. The minimum absolute atomic E-state index is 0.253. The van der Waals surface area contributed by atoms with Gasteiger partial charge in [0, 0.05) is 24.8 Å². The van der Waals surface area contributed by atoms with Gasteiger partial charge < -0.3 is 15.2 Å². The average Bonchev–Trinajstić information content (AvgIpc) is 2.71. The van der Waals surface area contributed by atoms with Crippen LogP contribution in [0.4, 0.5) is 4.79 Å². The molecule has 1 aromatic rings. The van der Waals surface area contributed by atoms with Gasteiger partial charge in [-0.25, -0.2) is 9.59 Å². The highest BCUT2D eigenvalue weighted by Gasteiger charge is 2.23. The van der Waals surface area contributed by atoms with E-state index in [1.807, 2.05) is 13.2 Å². The topological polar surface area (TPSA) is 93.5 Å². The maximum absolute atomic E-state index is 11.6. The fraction of sp³-hybridized carbons (Fsp3) is 0.615. The minimum Gasteiger partial charge on any atom is -0.480 e. The molecular formula is C13H21N3O4S. The molecule has 1 amide bonds. The van der Waals surface area contributed by atoms with Crippen LogP contribution < -0.4 is 5.32 Å². The Hall–Kier alpha value is -1.70. The first-order valence-electron chi connectivity index (χ1n) is 6.45. The van der Waals surface area contributed by atoms with Crippen molar-refractivity contribution < 1.29 is 19.4 Å². The van der Waals surface area contributed by atoms with Gasteiger partial charge in [-0.3, -0.25) is 4.68 Å². The van der Waals surface area contributed by atoms with Crippen LogP contribution >= 0.6 is 11.8 Å². The minimum atomic E-state index is -1.08. The van der Waals surface area contributed by atoms with Crippen LogP contribution in [0.1, 0.15) is 26.3 Å². The summed E-state index contributed by atoms with van der Waals surface area (Å²) >= 11 is 1.41. The van der Waals surface area contributed by atoms with Crippen molar-refractivity contribution >= 4 is 23.8 Å². The maximum Gasteiger partial charge on any atom is 0.408 e. The number of amides is 1. The first-order chi connectivity index (χ1) is 9.67. The second-order valence-electron chi connectivity index (χ2n) is 5.57. The van der Waals surface area contributed by atoms with Crippen molar-refractivity contribution in [3.8, 4) is 0 Å². The van der Waals surface area contributed by atoms with Gasteiger partial charge in [0.25, 0.3) is 0 Å². The number of hydrogen-bond donors (Lipinski definition) is 2. The van der Waals surface area contributed by atoms with Gasteiger partial charge in [0.1, 0.15) is 11.6 Å². The fourth-order valence-corrected chi connectivity index (χ4v) is 2.43. The summed E-state index contributed by atoms with van der Waals surface area (Å²) in [6.07, 6.45) is 2.87. The Bertz CT molecular complexity index is 496. The molecule has 7 nitrogen and oxygen atoms in total. The number of aromatic nitrogens is 2. The normalized spacial score (nSPS) is 12.8. The van der Waals surface area contributed by atoms with Gasteiger partial charge in [0.05, 0.1) is 6.20 Å². The molecule has 21 heavy (non-hydrogen) atoms. The highest BCUT2D eigenvalue weighted by Crippen LogP contribution is 2.13. The fourth-order valence-electron chi connectivity index (χ4n) is 1.47.